The number of alkyl halides is 1. The Hall–Kier alpha value is 0.170. The fraction of sp³-hybridized carbons (Fsp3) is 1.00. The molecule has 0 atom stereocenters. The van der Waals surface area contributed by atoms with Gasteiger partial charge in [-0.15, -0.1) is 11.6 Å². The number of hydrogen-bond acceptors (Lipinski definition) is 3. The van der Waals surface area contributed by atoms with Crippen molar-refractivity contribution in [1.82, 2.24) is 9.80 Å². The van der Waals surface area contributed by atoms with E-state index in [-0.39, 0.29) is 0 Å². The zero-order valence-electron chi connectivity index (χ0n) is 10.5. The monoisotopic (exact) mass is 248 g/mol. The van der Waals surface area contributed by atoms with Crippen LogP contribution in [0.1, 0.15) is 19.3 Å². The number of hydrogen-bond donors (Lipinski definition) is 0. The van der Waals surface area contributed by atoms with E-state index in [9.17, 15) is 0 Å². The van der Waals surface area contributed by atoms with Crippen LogP contribution in [0.3, 0.4) is 0 Å². The molecule has 1 saturated heterocycles. The van der Waals surface area contributed by atoms with Crippen LogP contribution in [0.2, 0.25) is 0 Å². The Morgan fingerprint density at radius 3 is 2.31 bits per heavy atom. The lowest BCUT2D eigenvalue weighted by Gasteiger charge is -2.21. The van der Waals surface area contributed by atoms with Crippen LogP contribution < -0.4 is 0 Å². The van der Waals surface area contributed by atoms with Gasteiger partial charge in [-0.25, -0.2) is 0 Å². The van der Waals surface area contributed by atoms with Crippen LogP contribution >= 0.6 is 11.6 Å². The maximum absolute atomic E-state index is 5.77. The molecule has 0 amide bonds. The van der Waals surface area contributed by atoms with Crippen molar-refractivity contribution in [1.29, 1.82) is 0 Å². The molecule has 16 heavy (non-hydrogen) atoms. The smallest absolute Gasteiger partial charge is 0.0462 e. The van der Waals surface area contributed by atoms with Crippen molar-refractivity contribution < 1.29 is 4.74 Å². The van der Waals surface area contributed by atoms with Crippen LogP contribution in [0.15, 0.2) is 0 Å². The molecule has 0 radical (unpaired) electrons. The molecule has 0 aromatic carbocycles. The second kappa shape index (κ2) is 9.23. The molecule has 0 aromatic rings. The van der Waals surface area contributed by atoms with Gasteiger partial charge in [0.15, 0.2) is 0 Å². The van der Waals surface area contributed by atoms with Gasteiger partial charge < -0.3 is 14.5 Å². The first kappa shape index (κ1) is 14.2. The van der Waals surface area contributed by atoms with Gasteiger partial charge in [-0.3, -0.25) is 0 Å². The van der Waals surface area contributed by atoms with E-state index >= 15 is 0 Å². The predicted molar refractivity (Wildman–Crippen MR) is 69.3 cm³/mol. The molecule has 1 heterocycles. The first-order chi connectivity index (χ1) is 7.86. The first-order valence-corrected chi connectivity index (χ1v) is 6.90. The van der Waals surface area contributed by atoms with Crippen LogP contribution in [-0.2, 0) is 4.74 Å². The fourth-order valence-corrected chi connectivity index (χ4v) is 2.41. The maximum Gasteiger partial charge on any atom is 0.0462 e. The van der Waals surface area contributed by atoms with E-state index in [1.54, 1.807) is 7.11 Å². The van der Waals surface area contributed by atoms with Crippen LogP contribution in [-0.4, -0.2) is 68.7 Å². The number of methoxy groups -OCH3 is 1. The standard InChI is InChI=1S/C12H25ClN2O/c1-16-12-3-2-6-14-7-4-8-15(9-5-13)11-10-14/h2-12H2,1H3. The van der Waals surface area contributed by atoms with Crippen molar-refractivity contribution in [3.8, 4) is 0 Å². The summed E-state index contributed by atoms with van der Waals surface area (Å²) in [5, 5.41) is 0. The fourth-order valence-electron chi connectivity index (χ4n) is 2.17. The molecule has 96 valence electrons. The van der Waals surface area contributed by atoms with Crippen LogP contribution in [0.4, 0.5) is 0 Å². The summed E-state index contributed by atoms with van der Waals surface area (Å²) in [7, 11) is 1.77. The Morgan fingerprint density at radius 1 is 1.00 bits per heavy atom. The van der Waals surface area contributed by atoms with Gasteiger partial charge in [-0.05, 0) is 38.9 Å². The van der Waals surface area contributed by atoms with Gasteiger partial charge in [-0.1, -0.05) is 0 Å². The summed E-state index contributed by atoms with van der Waals surface area (Å²) >= 11 is 5.77. The summed E-state index contributed by atoms with van der Waals surface area (Å²) in [5.41, 5.74) is 0. The van der Waals surface area contributed by atoms with Gasteiger partial charge >= 0.3 is 0 Å². The van der Waals surface area contributed by atoms with Crippen molar-refractivity contribution in [2.45, 2.75) is 19.3 Å². The quantitative estimate of drug-likeness (QED) is 0.504. The molecule has 1 aliphatic rings. The summed E-state index contributed by atoms with van der Waals surface area (Å²) < 4.78 is 5.06. The van der Waals surface area contributed by atoms with Crippen LogP contribution in [0.25, 0.3) is 0 Å². The second-order valence-electron chi connectivity index (χ2n) is 4.43. The Balaban J connectivity index is 2.10. The van der Waals surface area contributed by atoms with Gasteiger partial charge in [0.05, 0.1) is 0 Å². The molecule has 1 fully saturated rings. The van der Waals surface area contributed by atoms with Crippen molar-refractivity contribution in [3.05, 3.63) is 0 Å². The Bertz CT molecular complexity index is 169. The molecule has 0 spiro atoms. The van der Waals surface area contributed by atoms with Gasteiger partial charge in [0.25, 0.3) is 0 Å². The lowest BCUT2D eigenvalue weighted by Crippen LogP contribution is -2.32. The summed E-state index contributed by atoms with van der Waals surface area (Å²) in [4.78, 5) is 5.05. The molecule has 4 heteroatoms. The molecule has 0 saturated carbocycles. The van der Waals surface area contributed by atoms with Gasteiger partial charge in [0, 0.05) is 39.2 Å². The molecule has 0 bridgehead atoms. The van der Waals surface area contributed by atoms with E-state index in [1.807, 2.05) is 0 Å². The maximum atomic E-state index is 5.77. The Kier molecular flexibility index (Phi) is 8.21. The van der Waals surface area contributed by atoms with Gasteiger partial charge in [-0.2, -0.15) is 0 Å². The molecule has 0 aliphatic carbocycles. The van der Waals surface area contributed by atoms with Gasteiger partial charge in [0.2, 0.25) is 0 Å². The average Bonchev–Trinajstić information content (AvgIpc) is 2.51. The first-order valence-electron chi connectivity index (χ1n) is 6.36. The molecule has 0 N–H and O–H groups in total. The van der Waals surface area contributed by atoms with Crippen molar-refractivity contribution >= 4 is 11.6 Å². The highest BCUT2D eigenvalue weighted by Gasteiger charge is 2.13. The van der Waals surface area contributed by atoms with Crippen molar-refractivity contribution in [3.63, 3.8) is 0 Å². The third-order valence-electron chi connectivity index (χ3n) is 3.15. The molecule has 3 nitrogen and oxygen atoms in total. The number of ether oxygens (including phenoxy) is 1. The predicted octanol–water partition coefficient (Wildman–Crippen LogP) is 1.66. The molecular weight excluding hydrogens is 224 g/mol. The molecule has 0 unspecified atom stereocenters. The third kappa shape index (κ3) is 6.04. The highest BCUT2D eigenvalue weighted by Crippen LogP contribution is 2.04. The van der Waals surface area contributed by atoms with Crippen molar-refractivity contribution in [2.75, 3.05) is 58.9 Å². The third-order valence-corrected chi connectivity index (χ3v) is 3.32. The minimum Gasteiger partial charge on any atom is -0.385 e. The highest BCUT2D eigenvalue weighted by molar-refractivity contribution is 6.18. The lowest BCUT2D eigenvalue weighted by atomic mass is 10.3. The largest absolute Gasteiger partial charge is 0.385 e. The summed E-state index contributed by atoms with van der Waals surface area (Å²) in [5.74, 6) is 0.758. The van der Waals surface area contributed by atoms with E-state index in [1.165, 1.54) is 52.0 Å². The molecule has 1 rings (SSSR count). The number of halogens is 1. The topological polar surface area (TPSA) is 15.7 Å². The molecular formula is C12H25ClN2O. The van der Waals surface area contributed by atoms with E-state index in [0.717, 1.165) is 19.0 Å². The van der Waals surface area contributed by atoms with E-state index in [0.29, 0.717) is 0 Å². The zero-order valence-corrected chi connectivity index (χ0v) is 11.2. The molecule has 0 aromatic heterocycles. The van der Waals surface area contributed by atoms with E-state index < -0.39 is 0 Å². The van der Waals surface area contributed by atoms with Crippen LogP contribution in [0, 0.1) is 0 Å². The van der Waals surface area contributed by atoms with E-state index in [4.69, 9.17) is 16.3 Å². The number of nitrogens with zero attached hydrogens (tertiary/aromatic N) is 2. The molecule has 1 aliphatic heterocycles. The minimum atomic E-state index is 0.758. The summed E-state index contributed by atoms with van der Waals surface area (Å²) in [6.45, 7) is 7.98. The summed E-state index contributed by atoms with van der Waals surface area (Å²) in [6, 6.07) is 0. The van der Waals surface area contributed by atoms with Crippen LogP contribution in [0.5, 0.6) is 0 Å². The normalized spacial score (nSPS) is 19.9. The lowest BCUT2D eigenvalue weighted by molar-refractivity contribution is 0.184. The number of unbranched alkanes of at least 4 members (excludes halogenated alkanes) is 1. The Morgan fingerprint density at radius 2 is 1.69 bits per heavy atom. The number of rotatable bonds is 7. The Labute approximate surface area is 105 Å². The average molecular weight is 249 g/mol. The van der Waals surface area contributed by atoms with Gasteiger partial charge in [0.1, 0.15) is 0 Å². The summed E-state index contributed by atoms with van der Waals surface area (Å²) in [6.07, 6.45) is 3.71. The zero-order chi connectivity index (χ0) is 11.6. The highest BCUT2D eigenvalue weighted by atomic mass is 35.5. The second-order valence-corrected chi connectivity index (χ2v) is 4.80. The minimum absolute atomic E-state index is 0.758. The van der Waals surface area contributed by atoms with Crippen molar-refractivity contribution in [2.24, 2.45) is 0 Å². The van der Waals surface area contributed by atoms with E-state index in [2.05, 4.69) is 9.80 Å². The SMILES string of the molecule is COCCCCN1CCCN(CCCl)CC1.